The van der Waals surface area contributed by atoms with Crippen LogP contribution in [0.15, 0.2) is 423 Å². The van der Waals surface area contributed by atoms with Gasteiger partial charge in [0.05, 0.1) is 66.7 Å². The molecule has 0 saturated carbocycles. The molecule has 10 nitrogen and oxygen atoms in total. The molecule has 702 valence electrons. The second kappa shape index (κ2) is 31.2. The van der Waals surface area contributed by atoms with Crippen molar-refractivity contribution in [3.05, 3.63) is 463 Å². The highest BCUT2D eigenvalue weighted by atomic mass is 32.1. The fraction of sp³-hybridized carbons (Fsp3) is 0.0870. The van der Waals surface area contributed by atoms with Crippen LogP contribution >= 0.6 is 11.3 Å². The van der Waals surface area contributed by atoms with Crippen molar-refractivity contribution in [2.45, 2.75) is 77.0 Å². The molecule has 0 fully saturated rings. The summed E-state index contributed by atoms with van der Waals surface area (Å²) in [5.41, 5.74) is 37.9. The Morgan fingerprint density at radius 3 is 0.933 bits per heavy atom. The van der Waals surface area contributed by atoms with Gasteiger partial charge >= 0.3 is 0 Å². The Kier molecular flexibility index (Phi) is 17.9. The maximum absolute atomic E-state index is 6.34. The zero-order valence-corrected chi connectivity index (χ0v) is 84.0. The van der Waals surface area contributed by atoms with Crippen LogP contribution in [0.1, 0.15) is 99.9 Å². The molecule has 0 atom stereocenters. The molecule has 8 aromatic heterocycles. The largest absolute Gasteiger partial charge is 0.456 e. The molecule has 4 aliphatic rings. The molecule has 8 heterocycles. The maximum Gasteiger partial charge on any atom is 0.235 e. The molecule has 33 rings (SSSR count). The molecule has 0 radical (unpaired) electrons. The summed E-state index contributed by atoms with van der Waals surface area (Å²) in [7, 11) is 0. The molecule has 0 unspecified atom stereocenters. The predicted molar refractivity (Wildman–Crippen MR) is 621 cm³/mol. The van der Waals surface area contributed by atoms with E-state index in [4.69, 9.17) is 34.3 Å². The van der Waals surface area contributed by atoms with Gasteiger partial charge in [-0.25, -0.2) is 29.9 Å². The van der Waals surface area contributed by atoms with E-state index in [2.05, 4.69) is 476 Å². The van der Waals surface area contributed by atoms with Crippen LogP contribution in [-0.4, -0.2) is 43.6 Å². The Morgan fingerprint density at radius 2 is 0.503 bits per heavy atom. The molecule has 0 aliphatic heterocycles. The summed E-state index contributed by atoms with van der Waals surface area (Å²) in [6, 6.07) is 151. The van der Waals surface area contributed by atoms with E-state index < -0.39 is 0 Å². The van der Waals surface area contributed by atoms with Crippen LogP contribution in [0.5, 0.6) is 0 Å². The van der Waals surface area contributed by atoms with E-state index in [1.807, 2.05) is 23.5 Å². The molecule has 149 heavy (non-hydrogen) atoms. The molecule has 11 heteroatoms. The molecule has 0 N–H and O–H groups in total. The summed E-state index contributed by atoms with van der Waals surface area (Å²) in [5.74, 6) is 2.05. The average molecular weight is 1930 g/mol. The number of hydrogen-bond acceptors (Lipinski definition) is 8. The molecule has 0 saturated heterocycles. The molecular weight excluding hydrogens is 1830 g/mol. The van der Waals surface area contributed by atoms with E-state index in [9.17, 15) is 0 Å². The zero-order valence-electron chi connectivity index (χ0n) is 83.2. The van der Waals surface area contributed by atoms with Crippen LogP contribution in [-0.2, 0) is 21.7 Å². The van der Waals surface area contributed by atoms with Crippen molar-refractivity contribution >= 4 is 184 Å². The van der Waals surface area contributed by atoms with Crippen molar-refractivity contribution in [3.8, 4) is 96.1 Å². The lowest BCUT2D eigenvalue weighted by Gasteiger charge is -2.24. The number of aromatic nitrogens is 9. The minimum Gasteiger partial charge on any atom is -0.456 e. The highest BCUT2D eigenvalue weighted by Gasteiger charge is 2.46. The van der Waals surface area contributed by atoms with Crippen LogP contribution in [0.4, 0.5) is 0 Å². The van der Waals surface area contributed by atoms with Crippen molar-refractivity contribution in [2.24, 2.45) is 0 Å². The van der Waals surface area contributed by atoms with E-state index in [0.717, 1.165) is 105 Å². The van der Waals surface area contributed by atoms with Gasteiger partial charge in [0, 0.05) is 118 Å². The number of para-hydroxylation sites is 7. The van der Waals surface area contributed by atoms with Crippen LogP contribution in [0, 0.1) is 0 Å². The lowest BCUT2D eigenvalue weighted by Crippen LogP contribution is -2.17. The first-order chi connectivity index (χ1) is 73.0. The molecule has 0 bridgehead atoms. The number of rotatable bonds is 6. The zero-order chi connectivity index (χ0) is 99.1. The second-order valence-corrected chi connectivity index (χ2v) is 43.9. The normalized spacial score (nSPS) is 14.1. The molecule has 4 aliphatic carbocycles. The third kappa shape index (κ3) is 11.9. The lowest BCUT2D eigenvalue weighted by atomic mass is 9.80. The predicted octanol–water partition coefficient (Wildman–Crippen LogP) is 36.1. The quantitative estimate of drug-likeness (QED) is 0.163. The third-order valence-electron chi connectivity index (χ3n) is 33.5. The van der Waals surface area contributed by atoms with Gasteiger partial charge in [0.15, 0.2) is 0 Å². The fourth-order valence-corrected chi connectivity index (χ4v) is 28.1. The molecule has 0 amide bonds. The Labute approximate surface area is 861 Å². The Balaban J connectivity index is 0.000000101. The van der Waals surface area contributed by atoms with Gasteiger partial charge in [0.1, 0.15) is 11.2 Å². The number of benzene rings is 21. The van der Waals surface area contributed by atoms with Crippen molar-refractivity contribution in [3.63, 3.8) is 0 Å². The molecule has 0 spiro atoms. The molecule has 29 aromatic rings. The first-order valence-corrected chi connectivity index (χ1v) is 52.5. The SMILES string of the molecule is CC1(C)c2ccccc2-c2c1c1c(c3ccccc23)c2ccccc2n1-c1nc(-c2ccc3c(c2)oc2ccccc23)c2ccccc2n1.CC1(C)c2ccccc2-c2c1c1c(c3ccccc23)c2ccccc2n1-c1nc(-c2ccc3c(c2)sc2ccccc23)c2ccccc2n1.CC1(C)c2ccccc2-c2ccc(-c3nc(-n4c5ccccc5c5c6ccccc6c6c(c54)C(C)(C)c4ccccc4-6)nc4ccccc34)cc21. The van der Waals surface area contributed by atoms with Gasteiger partial charge < -0.3 is 4.42 Å². The fourth-order valence-electron chi connectivity index (χ4n) is 26.9. The average Bonchev–Trinajstić information content (AvgIpc) is 1.52. The monoisotopic (exact) mass is 1920 g/mol. The standard InChI is InChI=1S/C48H35N3.C45H29N3O.C45H29N3S/c1-47(2)36-21-11-7-15-29(36)30-26-25-28(27-38(30)47)44-34-19-9-13-23-39(34)49-46(50-44)51-40-24-14-10-20-35(40)42-32-17-6-5-16-31(32)41-33-18-8-12-22-37(33)48(3,4)43(41)45(42)51;2*1-45(2)34-19-9-5-16-31(34)39-29-14-3-4-15-30(29)40-33-18-7-11-21-36(33)48(43(40)41(39)45)44-46-35-20-10-6-17-32(35)42(47-44)26-23-24-28-27-13-8-12-22-37(27)49-38(28)25-26/h5-27H,1-4H3;2*3-25H,1-2H3. The van der Waals surface area contributed by atoms with E-state index in [-0.39, 0.29) is 21.7 Å². The molecule has 21 aromatic carbocycles. The van der Waals surface area contributed by atoms with Crippen molar-refractivity contribution < 1.29 is 4.42 Å². The van der Waals surface area contributed by atoms with Crippen LogP contribution < -0.4 is 0 Å². The van der Waals surface area contributed by atoms with Gasteiger partial charge in [0.2, 0.25) is 17.8 Å². The first kappa shape index (κ1) is 85.3. The van der Waals surface area contributed by atoms with E-state index in [1.165, 1.54) is 190 Å². The second-order valence-electron chi connectivity index (χ2n) is 42.8. The minimum absolute atomic E-state index is 0.109. The third-order valence-corrected chi connectivity index (χ3v) is 34.6. The first-order valence-electron chi connectivity index (χ1n) is 51.6. The van der Waals surface area contributed by atoms with Gasteiger partial charge in [-0.05, 0) is 194 Å². The van der Waals surface area contributed by atoms with Crippen molar-refractivity contribution in [2.75, 3.05) is 0 Å². The van der Waals surface area contributed by atoms with Crippen LogP contribution in [0.2, 0.25) is 0 Å². The summed E-state index contributed by atoms with van der Waals surface area (Å²) >= 11 is 1.84. The number of hydrogen-bond donors (Lipinski definition) is 0. The van der Waals surface area contributed by atoms with E-state index in [0.29, 0.717) is 17.8 Å². The number of nitrogens with zero attached hydrogens (tertiary/aromatic N) is 9. The van der Waals surface area contributed by atoms with Crippen LogP contribution in [0.3, 0.4) is 0 Å². The van der Waals surface area contributed by atoms with Gasteiger partial charge in [-0.2, -0.15) is 0 Å². The van der Waals surface area contributed by atoms with E-state index >= 15 is 0 Å². The summed E-state index contributed by atoms with van der Waals surface area (Å²) < 4.78 is 16.0. The highest BCUT2D eigenvalue weighted by molar-refractivity contribution is 7.25. The van der Waals surface area contributed by atoms with Gasteiger partial charge in [-0.15, -0.1) is 11.3 Å². The van der Waals surface area contributed by atoms with Crippen molar-refractivity contribution in [1.29, 1.82) is 0 Å². The topological polar surface area (TPSA) is 105 Å². The highest BCUT2D eigenvalue weighted by Crippen LogP contribution is 2.62. The summed E-state index contributed by atoms with van der Waals surface area (Å²) in [6.07, 6.45) is 0. The van der Waals surface area contributed by atoms with Crippen LogP contribution in [0.25, 0.3) is 269 Å². The van der Waals surface area contributed by atoms with Gasteiger partial charge in [-0.3, -0.25) is 13.7 Å². The minimum atomic E-state index is -0.244. The maximum atomic E-state index is 6.34. The Morgan fingerprint density at radius 1 is 0.208 bits per heavy atom. The van der Waals surface area contributed by atoms with Gasteiger partial charge in [0.25, 0.3) is 0 Å². The van der Waals surface area contributed by atoms with Gasteiger partial charge in [-0.1, -0.05) is 401 Å². The molecular formula is C138H93N9OS. The number of furan rings is 1. The van der Waals surface area contributed by atoms with Crippen molar-refractivity contribution in [1.82, 2.24) is 43.6 Å². The smallest absolute Gasteiger partial charge is 0.235 e. The summed E-state index contributed by atoms with van der Waals surface area (Å²) in [5, 5.41) is 23.0. The Hall–Kier alpha value is -18.2. The summed E-state index contributed by atoms with van der Waals surface area (Å²) in [4.78, 5) is 32.7. The number of fused-ring (bicyclic) bond motifs is 42. The lowest BCUT2D eigenvalue weighted by molar-refractivity contribution is 0.660. The number of thiophene rings is 1. The summed E-state index contributed by atoms with van der Waals surface area (Å²) in [6.45, 7) is 18.9. The van der Waals surface area contributed by atoms with E-state index in [1.54, 1.807) is 0 Å². The Bertz CT molecular complexity index is 10600.